The summed E-state index contributed by atoms with van der Waals surface area (Å²) in [7, 11) is 3.08. The molecule has 92 valence electrons. The normalized spacial score (nSPS) is 9.39. The zero-order valence-electron chi connectivity index (χ0n) is 10.2. The topological polar surface area (TPSA) is 78.1 Å². The van der Waals surface area contributed by atoms with Gasteiger partial charge >= 0.3 is 0 Å². The van der Waals surface area contributed by atoms with Crippen molar-refractivity contribution in [1.29, 1.82) is 10.5 Å². The minimum Gasteiger partial charge on any atom is -0.359 e. The first-order valence-electron chi connectivity index (χ1n) is 5.18. The number of rotatable bonds is 5. The molecule has 0 heterocycles. The van der Waals surface area contributed by atoms with Gasteiger partial charge in [0.2, 0.25) is 0 Å². The van der Waals surface area contributed by atoms with Crippen molar-refractivity contribution in [2.75, 3.05) is 19.5 Å². The van der Waals surface area contributed by atoms with Crippen LogP contribution in [0.15, 0.2) is 36.0 Å². The SMILES string of the molecule is COC(OC)c1ccccc1NC=C(C#N)C#N. The molecule has 1 aromatic carbocycles. The number of nitrogens with zero attached hydrogens (tertiary/aromatic N) is 2. The highest BCUT2D eigenvalue weighted by atomic mass is 16.7. The second-order valence-electron chi connectivity index (χ2n) is 3.32. The summed E-state index contributed by atoms with van der Waals surface area (Å²) in [6.45, 7) is 0. The molecule has 1 N–H and O–H groups in total. The number of ether oxygens (including phenoxy) is 2. The summed E-state index contributed by atoms with van der Waals surface area (Å²) in [6.07, 6.45) is 0.844. The fraction of sp³-hybridized carbons (Fsp3) is 0.231. The standard InChI is InChI=1S/C13H13N3O2/c1-17-13(18-2)11-5-3-4-6-12(11)16-9-10(7-14)8-15/h3-6,9,13,16H,1-2H3. The van der Waals surface area contributed by atoms with Crippen molar-refractivity contribution in [1.82, 2.24) is 0 Å². The lowest BCUT2D eigenvalue weighted by Crippen LogP contribution is -2.06. The quantitative estimate of drug-likeness (QED) is 0.634. The first kappa shape index (κ1) is 13.7. The largest absolute Gasteiger partial charge is 0.359 e. The van der Waals surface area contributed by atoms with Gasteiger partial charge in [0, 0.05) is 31.7 Å². The molecular formula is C13H13N3O2. The second kappa shape index (κ2) is 7.08. The lowest BCUT2D eigenvalue weighted by molar-refractivity contribution is -0.105. The molecule has 0 aliphatic rings. The molecule has 0 radical (unpaired) electrons. The maximum absolute atomic E-state index is 8.64. The van der Waals surface area contributed by atoms with Crippen molar-refractivity contribution in [2.24, 2.45) is 0 Å². The molecule has 0 aliphatic carbocycles. The molecule has 5 heteroatoms. The number of benzene rings is 1. The van der Waals surface area contributed by atoms with E-state index in [2.05, 4.69) is 5.32 Å². The van der Waals surface area contributed by atoms with Crippen LogP contribution in [0.1, 0.15) is 11.9 Å². The Kier molecular flexibility index (Phi) is 5.40. The molecule has 0 bridgehead atoms. The molecule has 0 unspecified atom stereocenters. The van der Waals surface area contributed by atoms with E-state index in [1.54, 1.807) is 12.1 Å². The molecule has 0 amide bonds. The Morgan fingerprint density at radius 2 is 1.83 bits per heavy atom. The third kappa shape index (κ3) is 3.33. The summed E-state index contributed by atoms with van der Waals surface area (Å²) in [5, 5.41) is 20.2. The van der Waals surface area contributed by atoms with E-state index in [0.29, 0.717) is 5.69 Å². The van der Waals surface area contributed by atoms with E-state index >= 15 is 0 Å². The monoisotopic (exact) mass is 243 g/mol. The minimum atomic E-state index is -0.505. The van der Waals surface area contributed by atoms with Crippen LogP contribution in [0.3, 0.4) is 0 Å². The molecule has 0 atom stereocenters. The van der Waals surface area contributed by atoms with Crippen LogP contribution < -0.4 is 5.32 Å². The smallest absolute Gasteiger partial charge is 0.185 e. The van der Waals surface area contributed by atoms with Gasteiger partial charge in [-0.1, -0.05) is 18.2 Å². The van der Waals surface area contributed by atoms with Gasteiger partial charge in [0.25, 0.3) is 0 Å². The Balaban J connectivity index is 3.01. The molecule has 1 rings (SSSR count). The van der Waals surface area contributed by atoms with Crippen molar-refractivity contribution >= 4 is 5.69 Å². The van der Waals surface area contributed by atoms with E-state index in [4.69, 9.17) is 20.0 Å². The lowest BCUT2D eigenvalue weighted by atomic mass is 10.1. The Hall–Kier alpha value is -2.34. The maximum Gasteiger partial charge on any atom is 0.185 e. The van der Waals surface area contributed by atoms with E-state index in [1.165, 1.54) is 20.4 Å². The fourth-order valence-electron chi connectivity index (χ4n) is 1.42. The predicted molar refractivity (Wildman–Crippen MR) is 66.1 cm³/mol. The Labute approximate surface area is 106 Å². The summed E-state index contributed by atoms with van der Waals surface area (Å²) < 4.78 is 10.3. The van der Waals surface area contributed by atoms with E-state index in [0.717, 1.165) is 5.56 Å². The summed E-state index contributed by atoms with van der Waals surface area (Å²) >= 11 is 0. The van der Waals surface area contributed by atoms with Crippen molar-refractivity contribution in [3.05, 3.63) is 41.6 Å². The second-order valence-corrected chi connectivity index (χ2v) is 3.32. The predicted octanol–water partition coefficient (Wildman–Crippen LogP) is 2.32. The van der Waals surface area contributed by atoms with E-state index in [1.807, 2.05) is 24.3 Å². The zero-order valence-corrected chi connectivity index (χ0v) is 10.2. The molecule has 18 heavy (non-hydrogen) atoms. The third-order valence-electron chi connectivity index (χ3n) is 2.26. The first-order chi connectivity index (χ1) is 8.76. The first-order valence-corrected chi connectivity index (χ1v) is 5.18. The van der Waals surface area contributed by atoms with Crippen LogP contribution in [0.5, 0.6) is 0 Å². The number of nitriles is 2. The van der Waals surface area contributed by atoms with Crippen LogP contribution in [-0.4, -0.2) is 14.2 Å². The van der Waals surface area contributed by atoms with E-state index < -0.39 is 6.29 Å². The van der Waals surface area contributed by atoms with Crippen LogP contribution in [0, 0.1) is 22.7 Å². The van der Waals surface area contributed by atoms with Gasteiger partial charge in [0.05, 0.1) is 0 Å². The maximum atomic E-state index is 8.64. The van der Waals surface area contributed by atoms with Gasteiger partial charge in [-0.15, -0.1) is 0 Å². The number of nitrogens with one attached hydrogen (secondary N) is 1. The molecular weight excluding hydrogens is 230 g/mol. The minimum absolute atomic E-state index is 0.00353. The average Bonchev–Trinajstić information content (AvgIpc) is 2.42. The van der Waals surface area contributed by atoms with Gasteiger partial charge in [0.15, 0.2) is 6.29 Å². The van der Waals surface area contributed by atoms with Crippen LogP contribution in [0.25, 0.3) is 0 Å². The Morgan fingerprint density at radius 1 is 1.22 bits per heavy atom. The van der Waals surface area contributed by atoms with Gasteiger partial charge in [-0.2, -0.15) is 10.5 Å². The number of hydrogen-bond donors (Lipinski definition) is 1. The van der Waals surface area contributed by atoms with Gasteiger partial charge in [-0.05, 0) is 6.07 Å². The molecule has 0 spiro atoms. The highest BCUT2D eigenvalue weighted by Gasteiger charge is 2.12. The van der Waals surface area contributed by atoms with Crippen molar-refractivity contribution in [3.63, 3.8) is 0 Å². The van der Waals surface area contributed by atoms with E-state index in [-0.39, 0.29) is 5.57 Å². The third-order valence-corrected chi connectivity index (χ3v) is 2.26. The van der Waals surface area contributed by atoms with Crippen LogP contribution in [-0.2, 0) is 9.47 Å². The fourth-order valence-corrected chi connectivity index (χ4v) is 1.42. The summed E-state index contributed by atoms with van der Waals surface area (Å²) in [5.41, 5.74) is 1.50. The average molecular weight is 243 g/mol. The van der Waals surface area contributed by atoms with Gasteiger partial charge in [-0.25, -0.2) is 0 Å². The summed E-state index contributed by atoms with van der Waals surface area (Å²) in [6, 6.07) is 10.9. The Bertz CT molecular complexity index is 492. The highest BCUT2D eigenvalue weighted by molar-refractivity contribution is 5.55. The number of allylic oxidation sites excluding steroid dienone is 1. The number of methoxy groups -OCH3 is 2. The molecule has 5 nitrogen and oxygen atoms in total. The summed E-state index contributed by atoms with van der Waals surface area (Å²) in [4.78, 5) is 0. The van der Waals surface area contributed by atoms with Crippen LogP contribution in [0.2, 0.25) is 0 Å². The molecule has 0 saturated heterocycles. The molecule has 0 aromatic heterocycles. The molecule has 0 saturated carbocycles. The number of para-hydroxylation sites is 1. The van der Waals surface area contributed by atoms with Crippen molar-refractivity contribution in [3.8, 4) is 12.1 Å². The summed E-state index contributed by atoms with van der Waals surface area (Å²) in [5.74, 6) is 0. The van der Waals surface area contributed by atoms with Crippen LogP contribution >= 0.6 is 0 Å². The number of anilines is 1. The lowest BCUT2D eigenvalue weighted by Gasteiger charge is -2.17. The van der Waals surface area contributed by atoms with Gasteiger partial charge in [-0.3, -0.25) is 0 Å². The number of hydrogen-bond acceptors (Lipinski definition) is 5. The molecule has 1 aromatic rings. The van der Waals surface area contributed by atoms with Gasteiger partial charge < -0.3 is 14.8 Å². The van der Waals surface area contributed by atoms with Crippen molar-refractivity contribution in [2.45, 2.75) is 6.29 Å². The van der Waals surface area contributed by atoms with Crippen LogP contribution in [0.4, 0.5) is 5.69 Å². The zero-order chi connectivity index (χ0) is 13.4. The van der Waals surface area contributed by atoms with Gasteiger partial charge in [0.1, 0.15) is 17.7 Å². The van der Waals surface area contributed by atoms with E-state index in [9.17, 15) is 0 Å². The molecule has 0 fully saturated rings. The Morgan fingerprint density at radius 3 is 2.39 bits per heavy atom. The van der Waals surface area contributed by atoms with Crippen molar-refractivity contribution < 1.29 is 9.47 Å². The molecule has 0 aliphatic heterocycles. The highest BCUT2D eigenvalue weighted by Crippen LogP contribution is 2.25.